The second-order valence-corrected chi connectivity index (χ2v) is 7.78. The number of carbonyl (C=O) groups excluding carboxylic acids is 2. The Morgan fingerprint density at radius 1 is 1.07 bits per heavy atom. The molecule has 0 radical (unpaired) electrons. The van der Waals surface area contributed by atoms with Crippen molar-refractivity contribution in [2.75, 3.05) is 13.1 Å². The summed E-state index contributed by atoms with van der Waals surface area (Å²) in [6.45, 7) is 3.50. The zero-order chi connectivity index (χ0) is 19.9. The predicted molar refractivity (Wildman–Crippen MR) is 99.3 cm³/mol. The van der Waals surface area contributed by atoms with Gasteiger partial charge in [-0.2, -0.15) is 0 Å². The lowest BCUT2D eigenvalue weighted by molar-refractivity contribution is -0.126. The summed E-state index contributed by atoms with van der Waals surface area (Å²) in [4.78, 5) is 23.6. The van der Waals surface area contributed by atoms with Gasteiger partial charge in [0.15, 0.2) is 0 Å². The van der Waals surface area contributed by atoms with Crippen LogP contribution in [0.5, 0.6) is 0 Å². The molecule has 0 saturated carbocycles. The molecule has 0 saturated heterocycles. The zero-order valence-corrected chi connectivity index (χ0v) is 16.1. The molecule has 0 atom stereocenters. The van der Waals surface area contributed by atoms with Gasteiger partial charge in [0, 0.05) is 13.0 Å². The molecule has 27 heavy (non-hydrogen) atoms. The Bertz CT molecular complexity index is 892. The van der Waals surface area contributed by atoms with Crippen LogP contribution in [0.3, 0.4) is 0 Å². The van der Waals surface area contributed by atoms with Crippen LogP contribution in [-0.2, 0) is 26.2 Å². The van der Waals surface area contributed by atoms with E-state index in [1.165, 1.54) is 6.26 Å². The SMILES string of the molecule is Cc1ccc(C)c(S(=O)(=O)NCCC(=O)NCC(=O)NCc2ccco2)c1. The maximum atomic E-state index is 12.3. The van der Waals surface area contributed by atoms with Gasteiger partial charge in [0.05, 0.1) is 24.2 Å². The predicted octanol–water partition coefficient (Wildman–Crippen LogP) is 0.997. The highest BCUT2D eigenvalue weighted by atomic mass is 32.2. The highest BCUT2D eigenvalue weighted by molar-refractivity contribution is 7.89. The fourth-order valence-electron chi connectivity index (χ4n) is 2.30. The van der Waals surface area contributed by atoms with Crippen LogP contribution >= 0.6 is 0 Å². The Kier molecular flexibility index (Phi) is 7.14. The molecule has 0 fully saturated rings. The molecule has 2 rings (SSSR count). The van der Waals surface area contributed by atoms with Crippen LogP contribution in [0.1, 0.15) is 23.3 Å². The first-order valence-electron chi connectivity index (χ1n) is 8.40. The molecule has 1 aromatic carbocycles. The molecule has 0 unspecified atom stereocenters. The lowest BCUT2D eigenvalue weighted by Gasteiger charge is -2.10. The Hall–Kier alpha value is -2.65. The van der Waals surface area contributed by atoms with Crippen molar-refractivity contribution in [2.45, 2.75) is 31.7 Å². The van der Waals surface area contributed by atoms with Crippen molar-refractivity contribution in [1.82, 2.24) is 15.4 Å². The van der Waals surface area contributed by atoms with Gasteiger partial charge >= 0.3 is 0 Å². The molecule has 0 aliphatic carbocycles. The Morgan fingerprint density at radius 3 is 2.56 bits per heavy atom. The molecule has 2 aromatic rings. The van der Waals surface area contributed by atoms with Crippen LogP contribution in [-0.4, -0.2) is 33.3 Å². The lowest BCUT2D eigenvalue weighted by atomic mass is 10.2. The number of hydrogen-bond donors (Lipinski definition) is 3. The maximum Gasteiger partial charge on any atom is 0.240 e. The first kappa shape index (κ1) is 20.7. The fraction of sp³-hybridized carbons (Fsp3) is 0.333. The van der Waals surface area contributed by atoms with Gasteiger partial charge in [-0.15, -0.1) is 0 Å². The van der Waals surface area contributed by atoms with E-state index in [4.69, 9.17) is 4.42 Å². The molecular weight excluding hydrogens is 370 g/mol. The number of carbonyl (C=O) groups is 2. The molecule has 2 amide bonds. The average molecular weight is 393 g/mol. The third kappa shape index (κ3) is 6.54. The number of benzene rings is 1. The number of aryl methyl sites for hydroxylation is 2. The smallest absolute Gasteiger partial charge is 0.240 e. The van der Waals surface area contributed by atoms with E-state index in [2.05, 4.69) is 15.4 Å². The van der Waals surface area contributed by atoms with Crippen LogP contribution in [0.15, 0.2) is 45.9 Å². The molecule has 0 aliphatic heterocycles. The van der Waals surface area contributed by atoms with Gasteiger partial charge in [0.2, 0.25) is 21.8 Å². The fourth-order valence-corrected chi connectivity index (χ4v) is 3.66. The second-order valence-electron chi connectivity index (χ2n) is 6.05. The summed E-state index contributed by atoms with van der Waals surface area (Å²) in [6.07, 6.45) is 1.43. The lowest BCUT2D eigenvalue weighted by Crippen LogP contribution is -2.38. The summed E-state index contributed by atoms with van der Waals surface area (Å²) >= 11 is 0. The monoisotopic (exact) mass is 393 g/mol. The molecule has 8 nitrogen and oxygen atoms in total. The van der Waals surface area contributed by atoms with Crippen LogP contribution in [0, 0.1) is 13.8 Å². The van der Waals surface area contributed by atoms with Crippen LogP contribution in [0.4, 0.5) is 0 Å². The van der Waals surface area contributed by atoms with Gasteiger partial charge in [-0.25, -0.2) is 13.1 Å². The van der Waals surface area contributed by atoms with E-state index in [-0.39, 0.29) is 36.9 Å². The van der Waals surface area contributed by atoms with E-state index in [9.17, 15) is 18.0 Å². The van der Waals surface area contributed by atoms with E-state index in [0.29, 0.717) is 11.3 Å². The molecule has 1 aromatic heterocycles. The van der Waals surface area contributed by atoms with Crippen molar-refractivity contribution >= 4 is 21.8 Å². The van der Waals surface area contributed by atoms with E-state index in [0.717, 1.165) is 5.56 Å². The zero-order valence-electron chi connectivity index (χ0n) is 15.2. The van der Waals surface area contributed by atoms with Crippen LogP contribution in [0.2, 0.25) is 0 Å². The highest BCUT2D eigenvalue weighted by Crippen LogP contribution is 2.16. The largest absolute Gasteiger partial charge is 0.467 e. The minimum absolute atomic E-state index is 0.0600. The quantitative estimate of drug-likeness (QED) is 0.587. The van der Waals surface area contributed by atoms with Gasteiger partial charge in [0.1, 0.15) is 5.76 Å². The van der Waals surface area contributed by atoms with Crippen molar-refractivity contribution in [1.29, 1.82) is 0 Å². The normalized spacial score (nSPS) is 11.2. The van der Waals surface area contributed by atoms with Gasteiger partial charge in [0.25, 0.3) is 0 Å². The number of nitrogens with one attached hydrogen (secondary N) is 3. The van der Waals surface area contributed by atoms with Crippen molar-refractivity contribution in [3.05, 3.63) is 53.5 Å². The van der Waals surface area contributed by atoms with E-state index < -0.39 is 15.9 Å². The van der Waals surface area contributed by atoms with Crippen molar-refractivity contribution in [3.8, 4) is 0 Å². The van der Waals surface area contributed by atoms with Crippen molar-refractivity contribution < 1.29 is 22.4 Å². The molecule has 146 valence electrons. The van der Waals surface area contributed by atoms with Crippen LogP contribution < -0.4 is 15.4 Å². The van der Waals surface area contributed by atoms with Gasteiger partial charge in [-0.05, 0) is 43.2 Å². The minimum atomic E-state index is -3.69. The number of rotatable bonds is 9. The Balaban J connectivity index is 1.72. The van der Waals surface area contributed by atoms with E-state index >= 15 is 0 Å². The Labute approximate surface area is 158 Å². The molecule has 0 bridgehead atoms. The van der Waals surface area contributed by atoms with Crippen LogP contribution in [0.25, 0.3) is 0 Å². The maximum absolute atomic E-state index is 12.3. The summed E-state index contributed by atoms with van der Waals surface area (Å²) in [5, 5.41) is 5.04. The minimum Gasteiger partial charge on any atom is -0.467 e. The molecule has 1 heterocycles. The van der Waals surface area contributed by atoms with Gasteiger partial charge in [-0.3, -0.25) is 9.59 Å². The standard InChI is InChI=1S/C18H23N3O5S/c1-13-5-6-14(2)16(10-13)27(24,25)21-8-7-17(22)20-12-18(23)19-11-15-4-3-9-26-15/h3-6,9-10,21H,7-8,11-12H2,1-2H3,(H,19,23)(H,20,22). The summed E-state index contributed by atoms with van der Waals surface area (Å²) in [5.41, 5.74) is 1.46. The molecule has 0 spiro atoms. The van der Waals surface area contributed by atoms with Crippen molar-refractivity contribution in [2.24, 2.45) is 0 Å². The number of hydrogen-bond acceptors (Lipinski definition) is 5. The van der Waals surface area contributed by atoms with E-state index in [1.54, 1.807) is 31.2 Å². The molecule has 9 heteroatoms. The molecule has 0 aliphatic rings. The summed E-state index contributed by atoms with van der Waals surface area (Å²) in [7, 11) is -3.69. The third-order valence-electron chi connectivity index (χ3n) is 3.76. The average Bonchev–Trinajstić information content (AvgIpc) is 3.13. The second kappa shape index (κ2) is 9.33. The molecule has 3 N–H and O–H groups in total. The van der Waals surface area contributed by atoms with E-state index in [1.807, 2.05) is 13.0 Å². The summed E-state index contributed by atoms with van der Waals surface area (Å²) in [5.74, 6) is -0.182. The molecular formula is C18H23N3O5S. The first-order valence-corrected chi connectivity index (χ1v) is 9.89. The topological polar surface area (TPSA) is 118 Å². The first-order chi connectivity index (χ1) is 12.8. The Morgan fingerprint density at radius 2 is 1.85 bits per heavy atom. The van der Waals surface area contributed by atoms with Gasteiger partial charge in [-0.1, -0.05) is 12.1 Å². The summed E-state index contributed by atoms with van der Waals surface area (Å²) in [6, 6.07) is 8.58. The third-order valence-corrected chi connectivity index (χ3v) is 5.37. The van der Waals surface area contributed by atoms with Gasteiger partial charge < -0.3 is 15.1 Å². The summed E-state index contributed by atoms with van der Waals surface area (Å²) < 4.78 is 32.2. The number of sulfonamides is 1. The van der Waals surface area contributed by atoms with Crippen molar-refractivity contribution in [3.63, 3.8) is 0 Å². The number of amides is 2. The number of furan rings is 1. The highest BCUT2D eigenvalue weighted by Gasteiger charge is 2.17.